The van der Waals surface area contributed by atoms with Crippen molar-refractivity contribution in [1.29, 1.82) is 0 Å². The molecule has 0 atom stereocenters. The van der Waals surface area contributed by atoms with Gasteiger partial charge in [0.1, 0.15) is 11.3 Å². The Morgan fingerprint density at radius 3 is 2.39 bits per heavy atom. The Bertz CT molecular complexity index is 1590. The van der Waals surface area contributed by atoms with Crippen LogP contribution in [0.1, 0.15) is 15.9 Å². The fourth-order valence-electron chi connectivity index (χ4n) is 3.67. The van der Waals surface area contributed by atoms with Crippen LogP contribution in [0.25, 0.3) is 16.6 Å². The predicted molar refractivity (Wildman–Crippen MR) is 117 cm³/mol. The van der Waals surface area contributed by atoms with E-state index < -0.39 is 23.4 Å². The minimum absolute atomic E-state index is 0.0882. The van der Waals surface area contributed by atoms with Crippen molar-refractivity contribution in [3.05, 3.63) is 112 Å². The summed E-state index contributed by atoms with van der Waals surface area (Å²) < 4.78 is 42.9. The molecular weight excluding hydrogens is 433 g/mol. The van der Waals surface area contributed by atoms with E-state index in [-0.39, 0.29) is 23.4 Å². The molecule has 0 radical (unpaired) electrons. The largest absolute Gasteiger partial charge is 0.322 e. The van der Waals surface area contributed by atoms with Gasteiger partial charge in [-0.3, -0.25) is 9.59 Å². The molecule has 164 valence electrons. The van der Waals surface area contributed by atoms with Gasteiger partial charge >= 0.3 is 0 Å². The van der Waals surface area contributed by atoms with Gasteiger partial charge in [0, 0.05) is 17.3 Å². The summed E-state index contributed by atoms with van der Waals surface area (Å²) in [5.74, 6) is -3.06. The Hall–Kier alpha value is -4.40. The summed E-state index contributed by atoms with van der Waals surface area (Å²) >= 11 is 0. The summed E-state index contributed by atoms with van der Waals surface area (Å²) in [6, 6.07) is 15.1. The van der Waals surface area contributed by atoms with Gasteiger partial charge in [-0.2, -0.15) is 5.10 Å². The average Bonchev–Trinajstić information content (AvgIpc) is 3.30. The lowest BCUT2D eigenvalue weighted by atomic mass is 10.1. The van der Waals surface area contributed by atoms with Crippen molar-refractivity contribution < 1.29 is 18.0 Å². The van der Waals surface area contributed by atoms with Gasteiger partial charge in [-0.15, -0.1) is 0 Å². The molecule has 0 bridgehead atoms. The smallest absolute Gasteiger partial charge is 0.277 e. The summed E-state index contributed by atoms with van der Waals surface area (Å²) in [5.41, 5.74) is 2.02. The van der Waals surface area contributed by atoms with Crippen LogP contribution >= 0.6 is 0 Å². The first-order valence-corrected chi connectivity index (χ1v) is 9.92. The molecule has 1 amide bonds. The number of carbonyl (C=O) groups excluding carboxylic acids is 1. The number of fused-ring (bicyclic) bond motifs is 3. The lowest BCUT2D eigenvalue weighted by Crippen LogP contribution is -2.24. The molecule has 5 rings (SSSR count). The third-order valence-electron chi connectivity index (χ3n) is 5.29. The molecule has 6 nitrogen and oxygen atoms in total. The number of hydrogen-bond donors (Lipinski definition) is 1. The van der Waals surface area contributed by atoms with E-state index in [1.54, 1.807) is 30.3 Å². The molecule has 0 saturated carbocycles. The molecule has 0 aliphatic rings. The molecular formula is C24H15F3N4O2. The molecule has 0 unspecified atom stereocenters. The number of nitrogens with one attached hydrogen (secondary N) is 1. The first-order chi connectivity index (χ1) is 15.9. The Morgan fingerprint density at radius 2 is 1.64 bits per heavy atom. The zero-order chi connectivity index (χ0) is 23.1. The number of carbonyl (C=O) groups is 1. The standard InChI is InChI=1S/C24H15F3N4O2/c25-16-4-1-14(2-5-16)13-30-22-11-15(23(32)29-17-6-7-18(26)19(27)12-17)3-8-20(22)31-21(24(30)33)9-10-28-31/h1-12H,13H2,(H,29,32). The van der Waals surface area contributed by atoms with Gasteiger partial charge in [-0.25, -0.2) is 17.7 Å². The molecule has 0 aliphatic carbocycles. The Morgan fingerprint density at radius 1 is 0.848 bits per heavy atom. The second kappa shape index (κ2) is 7.94. The molecule has 0 saturated heterocycles. The second-order valence-electron chi connectivity index (χ2n) is 7.43. The molecule has 1 N–H and O–H groups in total. The van der Waals surface area contributed by atoms with Crippen LogP contribution in [0.2, 0.25) is 0 Å². The van der Waals surface area contributed by atoms with E-state index >= 15 is 0 Å². The lowest BCUT2D eigenvalue weighted by Gasteiger charge is -2.14. The van der Waals surface area contributed by atoms with Crippen LogP contribution in [-0.2, 0) is 6.54 Å². The number of anilines is 1. The molecule has 2 aromatic heterocycles. The molecule has 0 fully saturated rings. The van der Waals surface area contributed by atoms with Crippen LogP contribution in [0.4, 0.5) is 18.9 Å². The average molecular weight is 448 g/mol. The van der Waals surface area contributed by atoms with E-state index in [9.17, 15) is 22.8 Å². The lowest BCUT2D eigenvalue weighted by molar-refractivity contribution is 0.102. The van der Waals surface area contributed by atoms with Crippen LogP contribution in [0.15, 0.2) is 77.7 Å². The fraction of sp³-hybridized carbons (Fsp3) is 0.0417. The number of rotatable bonds is 4. The highest BCUT2D eigenvalue weighted by molar-refractivity contribution is 6.06. The van der Waals surface area contributed by atoms with Gasteiger partial charge in [0.15, 0.2) is 11.6 Å². The maximum absolute atomic E-state index is 13.5. The number of benzene rings is 3. The van der Waals surface area contributed by atoms with E-state index in [2.05, 4.69) is 10.4 Å². The van der Waals surface area contributed by atoms with Gasteiger partial charge in [0.05, 0.1) is 23.8 Å². The van der Waals surface area contributed by atoms with Crippen molar-refractivity contribution in [1.82, 2.24) is 14.2 Å². The highest BCUT2D eigenvalue weighted by Gasteiger charge is 2.15. The van der Waals surface area contributed by atoms with E-state index in [4.69, 9.17) is 0 Å². The normalized spacial score (nSPS) is 11.2. The first-order valence-electron chi connectivity index (χ1n) is 9.92. The molecule has 2 heterocycles. The SMILES string of the molecule is O=C(Nc1ccc(F)c(F)c1)c1ccc2c(c1)n(Cc1ccc(F)cc1)c(=O)c1ccnn12. The second-order valence-corrected chi connectivity index (χ2v) is 7.43. The van der Waals surface area contributed by atoms with Crippen LogP contribution < -0.4 is 10.9 Å². The van der Waals surface area contributed by atoms with Crippen molar-refractivity contribution in [2.75, 3.05) is 5.32 Å². The van der Waals surface area contributed by atoms with Crippen LogP contribution in [0, 0.1) is 17.5 Å². The molecule has 3 aromatic carbocycles. The molecule has 33 heavy (non-hydrogen) atoms. The zero-order valence-corrected chi connectivity index (χ0v) is 16.9. The highest BCUT2D eigenvalue weighted by atomic mass is 19.2. The van der Waals surface area contributed by atoms with Gasteiger partial charge in [0.25, 0.3) is 11.5 Å². The topological polar surface area (TPSA) is 68.4 Å². The quantitative estimate of drug-likeness (QED) is 0.444. The number of aromatic nitrogens is 3. The Kier molecular flexibility index (Phi) is 4.93. The van der Waals surface area contributed by atoms with Crippen molar-refractivity contribution in [3.8, 4) is 0 Å². The summed E-state index contributed by atoms with van der Waals surface area (Å²) in [4.78, 5) is 25.9. The Labute approximate surface area is 184 Å². The van der Waals surface area contributed by atoms with Gasteiger partial charge < -0.3 is 9.88 Å². The summed E-state index contributed by atoms with van der Waals surface area (Å²) in [7, 11) is 0. The Balaban J connectivity index is 1.61. The maximum atomic E-state index is 13.5. The van der Waals surface area contributed by atoms with E-state index in [1.807, 2.05) is 0 Å². The van der Waals surface area contributed by atoms with Crippen molar-refractivity contribution in [2.24, 2.45) is 0 Å². The number of amides is 1. The van der Waals surface area contributed by atoms with E-state index in [0.717, 1.165) is 12.1 Å². The van der Waals surface area contributed by atoms with Crippen LogP contribution in [0.5, 0.6) is 0 Å². The number of halogens is 3. The van der Waals surface area contributed by atoms with Crippen LogP contribution in [0.3, 0.4) is 0 Å². The van der Waals surface area contributed by atoms with Gasteiger partial charge in [-0.1, -0.05) is 12.1 Å². The monoisotopic (exact) mass is 448 g/mol. The third-order valence-corrected chi connectivity index (χ3v) is 5.29. The zero-order valence-electron chi connectivity index (χ0n) is 16.9. The van der Waals surface area contributed by atoms with Crippen molar-refractivity contribution in [3.63, 3.8) is 0 Å². The summed E-state index contributed by atoms with van der Waals surface area (Å²) in [6.45, 7) is 0.144. The van der Waals surface area contributed by atoms with E-state index in [0.29, 0.717) is 22.1 Å². The van der Waals surface area contributed by atoms with Crippen LogP contribution in [-0.4, -0.2) is 20.1 Å². The molecule has 9 heteroatoms. The van der Waals surface area contributed by atoms with Crippen molar-refractivity contribution in [2.45, 2.75) is 6.54 Å². The third kappa shape index (κ3) is 3.73. The fourth-order valence-corrected chi connectivity index (χ4v) is 3.67. The maximum Gasteiger partial charge on any atom is 0.277 e. The molecule has 0 aliphatic heterocycles. The van der Waals surface area contributed by atoms with E-state index in [1.165, 1.54) is 39.5 Å². The van der Waals surface area contributed by atoms with Gasteiger partial charge in [-0.05, 0) is 54.1 Å². The highest BCUT2D eigenvalue weighted by Crippen LogP contribution is 2.20. The summed E-state index contributed by atoms with van der Waals surface area (Å²) in [6.07, 6.45) is 1.50. The summed E-state index contributed by atoms with van der Waals surface area (Å²) in [5, 5.41) is 6.72. The first kappa shape index (κ1) is 20.5. The number of nitrogens with zero attached hydrogens (tertiary/aromatic N) is 3. The predicted octanol–water partition coefficient (Wildman–Crippen LogP) is 4.37. The van der Waals surface area contributed by atoms with Crippen molar-refractivity contribution >= 4 is 28.1 Å². The minimum atomic E-state index is -1.08. The molecule has 5 aromatic rings. The minimum Gasteiger partial charge on any atom is -0.322 e. The number of hydrogen-bond acceptors (Lipinski definition) is 3. The van der Waals surface area contributed by atoms with Gasteiger partial charge in [0.2, 0.25) is 0 Å². The molecule has 0 spiro atoms.